The minimum absolute atomic E-state index is 0.0578. The second-order valence-corrected chi connectivity index (χ2v) is 5.27. The van der Waals surface area contributed by atoms with E-state index in [0.717, 1.165) is 0 Å². The lowest BCUT2D eigenvalue weighted by atomic mass is 10.0. The van der Waals surface area contributed by atoms with Crippen LogP contribution >= 0.6 is 0 Å². The maximum atomic E-state index is 9.88. The average Bonchev–Trinajstić information content (AvgIpc) is 2.41. The van der Waals surface area contributed by atoms with Gasteiger partial charge in [-0.15, -0.1) is 0 Å². The maximum Gasteiger partial charge on any atom is 0.120 e. The number of phenolic OH excluding ortho intramolecular Hbond substituents is 2. The molecular weight excluding hydrogens is 250 g/mol. The number of hydrogen-bond acceptors (Lipinski definition) is 3. The van der Waals surface area contributed by atoms with Gasteiger partial charge in [0.1, 0.15) is 11.5 Å². The van der Waals surface area contributed by atoms with Crippen molar-refractivity contribution in [2.24, 2.45) is 0 Å². The molecule has 0 saturated carbocycles. The fraction of sp³-hybridized carbons (Fsp3) is 0.294. The first-order chi connectivity index (χ1) is 9.47. The van der Waals surface area contributed by atoms with E-state index in [1.54, 1.807) is 6.07 Å². The van der Waals surface area contributed by atoms with Gasteiger partial charge in [-0.1, -0.05) is 29.8 Å². The smallest absolute Gasteiger partial charge is 0.120 e. The highest BCUT2D eigenvalue weighted by molar-refractivity contribution is 5.40. The van der Waals surface area contributed by atoms with Crippen LogP contribution in [-0.2, 0) is 0 Å². The second kappa shape index (κ2) is 5.97. The SMILES string of the molecule is Cc1cccc([C@H](C)NC(C)c2cc(O)ccc2O)c1. The van der Waals surface area contributed by atoms with Gasteiger partial charge in [0, 0.05) is 17.6 Å². The molecule has 0 bridgehead atoms. The van der Waals surface area contributed by atoms with E-state index in [-0.39, 0.29) is 23.6 Å². The monoisotopic (exact) mass is 271 g/mol. The van der Waals surface area contributed by atoms with E-state index in [4.69, 9.17) is 0 Å². The van der Waals surface area contributed by atoms with Gasteiger partial charge < -0.3 is 15.5 Å². The van der Waals surface area contributed by atoms with Gasteiger partial charge in [0.25, 0.3) is 0 Å². The number of phenols is 2. The summed E-state index contributed by atoms with van der Waals surface area (Å²) in [5.41, 5.74) is 3.13. The van der Waals surface area contributed by atoms with Crippen molar-refractivity contribution in [2.75, 3.05) is 0 Å². The molecular formula is C17H21NO2. The van der Waals surface area contributed by atoms with Gasteiger partial charge in [-0.05, 0) is 44.5 Å². The molecule has 3 heteroatoms. The van der Waals surface area contributed by atoms with Crippen molar-refractivity contribution in [1.82, 2.24) is 5.32 Å². The Morgan fingerprint density at radius 2 is 1.70 bits per heavy atom. The molecule has 0 amide bonds. The molecule has 0 saturated heterocycles. The Morgan fingerprint density at radius 3 is 2.40 bits per heavy atom. The van der Waals surface area contributed by atoms with Gasteiger partial charge in [0.05, 0.1) is 0 Å². The lowest BCUT2D eigenvalue weighted by molar-refractivity contribution is 0.429. The molecule has 106 valence electrons. The van der Waals surface area contributed by atoms with Crippen molar-refractivity contribution in [3.63, 3.8) is 0 Å². The first-order valence-corrected chi connectivity index (χ1v) is 6.82. The molecule has 0 fully saturated rings. The Bertz CT molecular complexity index is 595. The van der Waals surface area contributed by atoms with Crippen LogP contribution in [0.5, 0.6) is 11.5 Å². The largest absolute Gasteiger partial charge is 0.508 e. The van der Waals surface area contributed by atoms with Crippen LogP contribution in [0.15, 0.2) is 42.5 Å². The van der Waals surface area contributed by atoms with Crippen molar-refractivity contribution in [3.05, 3.63) is 59.2 Å². The molecule has 20 heavy (non-hydrogen) atoms. The van der Waals surface area contributed by atoms with Gasteiger partial charge in [0.2, 0.25) is 0 Å². The summed E-state index contributed by atoms with van der Waals surface area (Å²) in [5.74, 6) is 0.355. The van der Waals surface area contributed by atoms with E-state index in [1.165, 1.54) is 23.3 Å². The molecule has 0 aliphatic carbocycles. The molecule has 0 radical (unpaired) electrons. The fourth-order valence-corrected chi connectivity index (χ4v) is 2.39. The van der Waals surface area contributed by atoms with Gasteiger partial charge in [0.15, 0.2) is 0 Å². The number of nitrogens with one attached hydrogen (secondary N) is 1. The van der Waals surface area contributed by atoms with Gasteiger partial charge >= 0.3 is 0 Å². The minimum atomic E-state index is -0.0578. The van der Waals surface area contributed by atoms with Crippen LogP contribution in [0.2, 0.25) is 0 Å². The summed E-state index contributed by atoms with van der Waals surface area (Å²) in [5, 5.41) is 22.9. The summed E-state index contributed by atoms with van der Waals surface area (Å²) in [7, 11) is 0. The first-order valence-electron chi connectivity index (χ1n) is 6.82. The number of rotatable bonds is 4. The molecule has 2 atom stereocenters. The summed E-state index contributed by atoms with van der Waals surface area (Å²) in [6, 6.07) is 13.0. The molecule has 2 aromatic rings. The number of hydrogen-bond donors (Lipinski definition) is 3. The molecule has 0 heterocycles. The molecule has 0 aromatic heterocycles. The third kappa shape index (κ3) is 3.31. The van der Waals surface area contributed by atoms with Gasteiger partial charge in [-0.2, -0.15) is 0 Å². The minimum Gasteiger partial charge on any atom is -0.508 e. The lowest BCUT2D eigenvalue weighted by Gasteiger charge is -2.22. The Balaban J connectivity index is 2.15. The van der Waals surface area contributed by atoms with E-state index < -0.39 is 0 Å². The van der Waals surface area contributed by atoms with E-state index in [2.05, 4.69) is 37.4 Å². The average molecular weight is 271 g/mol. The van der Waals surface area contributed by atoms with Crippen molar-refractivity contribution in [1.29, 1.82) is 0 Å². The fourth-order valence-electron chi connectivity index (χ4n) is 2.39. The van der Waals surface area contributed by atoms with Crippen LogP contribution in [0.4, 0.5) is 0 Å². The summed E-state index contributed by atoms with van der Waals surface area (Å²) < 4.78 is 0. The zero-order valence-corrected chi connectivity index (χ0v) is 12.1. The first kappa shape index (κ1) is 14.4. The van der Waals surface area contributed by atoms with Gasteiger partial charge in [-0.25, -0.2) is 0 Å². The van der Waals surface area contributed by atoms with Crippen LogP contribution in [-0.4, -0.2) is 10.2 Å². The Kier molecular flexibility index (Phi) is 4.30. The van der Waals surface area contributed by atoms with Crippen LogP contribution < -0.4 is 5.32 Å². The van der Waals surface area contributed by atoms with E-state index in [9.17, 15) is 10.2 Å². The van der Waals surface area contributed by atoms with Crippen LogP contribution in [0.1, 0.15) is 42.6 Å². The quantitative estimate of drug-likeness (QED) is 0.741. The summed E-state index contributed by atoms with van der Waals surface area (Å²) >= 11 is 0. The summed E-state index contributed by atoms with van der Waals surface area (Å²) in [4.78, 5) is 0. The highest BCUT2D eigenvalue weighted by Crippen LogP contribution is 2.29. The van der Waals surface area contributed by atoms with Crippen LogP contribution in [0, 0.1) is 6.92 Å². The number of aryl methyl sites for hydroxylation is 1. The molecule has 2 aromatic carbocycles. The highest BCUT2D eigenvalue weighted by atomic mass is 16.3. The standard InChI is InChI=1S/C17H21NO2/c1-11-5-4-6-14(9-11)12(2)18-13(3)16-10-15(19)7-8-17(16)20/h4-10,12-13,18-20H,1-3H3/t12-,13?/m0/s1. The molecule has 3 N–H and O–H groups in total. The van der Waals surface area contributed by atoms with Crippen molar-refractivity contribution >= 4 is 0 Å². The Hall–Kier alpha value is -2.00. The summed E-state index contributed by atoms with van der Waals surface area (Å²) in [6.45, 7) is 6.13. The predicted molar refractivity (Wildman–Crippen MR) is 80.9 cm³/mol. The van der Waals surface area contributed by atoms with Crippen LogP contribution in [0.25, 0.3) is 0 Å². The highest BCUT2D eigenvalue weighted by Gasteiger charge is 2.14. The predicted octanol–water partition coefficient (Wildman–Crippen LogP) is 3.82. The zero-order valence-electron chi connectivity index (χ0n) is 12.1. The van der Waals surface area contributed by atoms with Crippen molar-refractivity contribution in [2.45, 2.75) is 32.9 Å². The molecule has 3 nitrogen and oxygen atoms in total. The molecule has 0 spiro atoms. The molecule has 2 rings (SSSR count). The van der Waals surface area contributed by atoms with Crippen molar-refractivity contribution < 1.29 is 10.2 Å². The third-order valence-electron chi connectivity index (χ3n) is 3.52. The topological polar surface area (TPSA) is 52.5 Å². The second-order valence-electron chi connectivity index (χ2n) is 5.27. The van der Waals surface area contributed by atoms with Crippen LogP contribution in [0.3, 0.4) is 0 Å². The molecule has 1 unspecified atom stereocenters. The molecule has 0 aliphatic heterocycles. The summed E-state index contributed by atoms with van der Waals surface area (Å²) in [6.07, 6.45) is 0. The normalized spacial score (nSPS) is 13.9. The number of benzene rings is 2. The Labute approximate surface area is 119 Å². The molecule has 0 aliphatic rings. The van der Waals surface area contributed by atoms with E-state index in [0.29, 0.717) is 5.56 Å². The maximum absolute atomic E-state index is 9.88. The Morgan fingerprint density at radius 1 is 0.950 bits per heavy atom. The van der Waals surface area contributed by atoms with Gasteiger partial charge in [-0.3, -0.25) is 0 Å². The lowest BCUT2D eigenvalue weighted by Crippen LogP contribution is -2.22. The van der Waals surface area contributed by atoms with E-state index >= 15 is 0 Å². The number of aromatic hydroxyl groups is 2. The third-order valence-corrected chi connectivity index (χ3v) is 3.52. The van der Waals surface area contributed by atoms with Crippen molar-refractivity contribution in [3.8, 4) is 11.5 Å². The zero-order chi connectivity index (χ0) is 14.7. The van der Waals surface area contributed by atoms with E-state index in [1.807, 2.05) is 13.0 Å².